The second-order valence-corrected chi connectivity index (χ2v) is 7.95. The predicted molar refractivity (Wildman–Crippen MR) is 96.9 cm³/mol. The summed E-state index contributed by atoms with van der Waals surface area (Å²) in [7, 11) is -1.01. The lowest BCUT2D eigenvalue weighted by Crippen LogP contribution is -2.39. The van der Waals surface area contributed by atoms with E-state index < -0.39 is 16.4 Å². The van der Waals surface area contributed by atoms with E-state index in [1.165, 1.54) is 23.4 Å². The lowest BCUT2D eigenvalue weighted by Gasteiger charge is -2.29. The SMILES string of the molecule is CS(=O)CCNC(=O)CC(O)(Cn1cncn1)c1ccc(Cl)cc1Cl. The molecule has 2 atom stereocenters. The van der Waals surface area contributed by atoms with E-state index in [1.54, 1.807) is 18.4 Å². The smallest absolute Gasteiger partial charge is 0.223 e. The molecule has 136 valence electrons. The number of halogens is 2. The third-order valence-corrected chi connectivity index (χ3v) is 4.81. The fraction of sp³-hybridized carbons (Fsp3) is 0.400. The number of carbonyl (C=O) groups excluding carboxylic acids is 1. The van der Waals surface area contributed by atoms with Gasteiger partial charge in [0.05, 0.1) is 13.0 Å². The zero-order valence-electron chi connectivity index (χ0n) is 13.5. The maximum Gasteiger partial charge on any atom is 0.223 e. The summed E-state index contributed by atoms with van der Waals surface area (Å²) in [6, 6.07) is 4.67. The molecule has 2 N–H and O–H groups in total. The van der Waals surface area contributed by atoms with Crippen LogP contribution in [0.1, 0.15) is 12.0 Å². The molecule has 0 radical (unpaired) electrons. The molecule has 1 aromatic heterocycles. The Labute approximate surface area is 157 Å². The van der Waals surface area contributed by atoms with Crippen LogP contribution in [0.3, 0.4) is 0 Å². The highest BCUT2D eigenvalue weighted by Crippen LogP contribution is 2.34. The van der Waals surface area contributed by atoms with Crippen LogP contribution in [0.2, 0.25) is 10.0 Å². The molecule has 1 amide bonds. The third-order valence-electron chi connectivity index (χ3n) is 3.49. The Kier molecular flexibility index (Phi) is 6.95. The van der Waals surface area contributed by atoms with Crippen molar-refractivity contribution in [1.29, 1.82) is 0 Å². The Balaban J connectivity index is 2.22. The van der Waals surface area contributed by atoms with E-state index in [4.69, 9.17) is 23.2 Å². The summed E-state index contributed by atoms with van der Waals surface area (Å²) in [5.41, 5.74) is -1.24. The highest BCUT2D eigenvalue weighted by molar-refractivity contribution is 7.84. The minimum Gasteiger partial charge on any atom is -0.383 e. The molecule has 1 heterocycles. The molecule has 0 aliphatic rings. The van der Waals surface area contributed by atoms with E-state index in [0.717, 1.165) is 0 Å². The van der Waals surface area contributed by atoms with Gasteiger partial charge in [-0.05, 0) is 12.1 Å². The Morgan fingerprint density at radius 1 is 1.44 bits per heavy atom. The molecular formula is C15H18Cl2N4O3S. The molecule has 0 fully saturated rings. The van der Waals surface area contributed by atoms with E-state index in [0.29, 0.717) is 16.3 Å². The van der Waals surface area contributed by atoms with Crippen LogP contribution in [0.15, 0.2) is 30.9 Å². The number of nitrogens with zero attached hydrogens (tertiary/aromatic N) is 3. The molecule has 0 aliphatic carbocycles. The van der Waals surface area contributed by atoms with Gasteiger partial charge < -0.3 is 10.4 Å². The second kappa shape index (κ2) is 8.75. The van der Waals surface area contributed by atoms with E-state index in [1.807, 2.05) is 0 Å². The molecule has 2 unspecified atom stereocenters. The summed E-state index contributed by atoms with van der Waals surface area (Å²) in [5, 5.41) is 18.5. The number of nitrogens with one attached hydrogen (secondary N) is 1. The van der Waals surface area contributed by atoms with Crippen LogP contribution < -0.4 is 5.32 Å². The van der Waals surface area contributed by atoms with Gasteiger partial charge in [0.2, 0.25) is 5.91 Å². The summed E-state index contributed by atoms with van der Waals surface area (Å²) >= 11 is 12.1. The largest absolute Gasteiger partial charge is 0.383 e. The van der Waals surface area contributed by atoms with Crippen LogP contribution in [-0.4, -0.2) is 48.5 Å². The van der Waals surface area contributed by atoms with Crippen LogP contribution >= 0.6 is 23.2 Å². The first-order valence-electron chi connectivity index (χ1n) is 7.37. The number of amides is 1. The number of aromatic nitrogens is 3. The van der Waals surface area contributed by atoms with Crippen molar-refractivity contribution in [3.63, 3.8) is 0 Å². The van der Waals surface area contributed by atoms with Crippen molar-refractivity contribution in [2.75, 3.05) is 18.6 Å². The Morgan fingerprint density at radius 3 is 2.80 bits per heavy atom. The van der Waals surface area contributed by atoms with E-state index in [-0.39, 0.29) is 30.4 Å². The molecule has 25 heavy (non-hydrogen) atoms. The van der Waals surface area contributed by atoms with Gasteiger partial charge in [0.15, 0.2) is 0 Å². The summed E-state index contributed by atoms with van der Waals surface area (Å²) in [5.74, 6) is -0.0475. The molecule has 2 rings (SSSR count). The van der Waals surface area contributed by atoms with Gasteiger partial charge in [0, 0.05) is 45.0 Å². The standard InChI is InChI=1S/C15H18Cl2N4O3S/c1-25(24)5-4-19-14(22)7-15(23,8-21-10-18-9-20-21)12-3-2-11(16)6-13(12)17/h2-3,6,9-10,23H,4-5,7-8H2,1H3,(H,19,22). The minimum atomic E-state index is -1.61. The molecule has 0 saturated heterocycles. The van der Waals surface area contributed by atoms with Gasteiger partial charge in [-0.1, -0.05) is 29.3 Å². The van der Waals surface area contributed by atoms with E-state index in [9.17, 15) is 14.1 Å². The average molecular weight is 405 g/mol. The molecule has 0 spiro atoms. The second-order valence-electron chi connectivity index (χ2n) is 5.55. The normalized spacial score (nSPS) is 14.7. The quantitative estimate of drug-likeness (QED) is 0.691. The first kappa shape index (κ1) is 19.8. The maximum atomic E-state index is 12.2. The summed E-state index contributed by atoms with van der Waals surface area (Å²) < 4.78 is 12.5. The zero-order valence-corrected chi connectivity index (χ0v) is 15.8. The number of hydrogen-bond acceptors (Lipinski definition) is 5. The van der Waals surface area contributed by atoms with Gasteiger partial charge >= 0.3 is 0 Å². The fourth-order valence-electron chi connectivity index (χ4n) is 2.35. The highest BCUT2D eigenvalue weighted by atomic mass is 35.5. The van der Waals surface area contributed by atoms with Crippen LogP contribution in [0.5, 0.6) is 0 Å². The summed E-state index contributed by atoms with van der Waals surface area (Å²) in [6.45, 7) is 0.247. The van der Waals surface area contributed by atoms with Crippen molar-refractivity contribution in [3.05, 3.63) is 46.5 Å². The van der Waals surface area contributed by atoms with Crippen molar-refractivity contribution in [2.24, 2.45) is 0 Å². The van der Waals surface area contributed by atoms with Gasteiger partial charge in [-0.25, -0.2) is 9.67 Å². The summed E-state index contributed by atoms with van der Waals surface area (Å²) in [6.07, 6.45) is 4.08. The van der Waals surface area contributed by atoms with Crippen molar-refractivity contribution < 1.29 is 14.1 Å². The molecule has 0 aliphatic heterocycles. The monoisotopic (exact) mass is 404 g/mol. The first-order chi connectivity index (χ1) is 11.8. The van der Waals surface area contributed by atoms with Gasteiger partial charge in [-0.15, -0.1) is 0 Å². The van der Waals surface area contributed by atoms with Crippen LogP contribution in [0.4, 0.5) is 0 Å². The molecule has 2 aromatic rings. The van der Waals surface area contributed by atoms with Gasteiger partial charge in [0.1, 0.15) is 18.3 Å². The van der Waals surface area contributed by atoms with Crippen molar-refractivity contribution in [2.45, 2.75) is 18.6 Å². The summed E-state index contributed by atoms with van der Waals surface area (Å²) in [4.78, 5) is 16.1. The molecular weight excluding hydrogens is 387 g/mol. The van der Waals surface area contributed by atoms with Crippen molar-refractivity contribution in [3.8, 4) is 0 Å². The Bertz CT molecular complexity index is 757. The first-order valence-corrected chi connectivity index (χ1v) is 9.85. The van der Waals surface area contributed by atoms with E-state index >= 15 is 0 Å². The molecule has 1 aromatic carbocycles. The van der Waals surface area contributed by atoms with Crippen LogP contribution in [-0.2, 0) is 27.7 Å². The topological polar surface area (TPSA) is 97.1 Å². The Hall–Kier alpha value is -1.48. The number of benzene rings is 1. The van der Waals surface area contributed by atoms with E-state index in [2.05, 4.69) is 15.4 Å². The fourth-order valence-corrected chi connectivity index (χ4v) is 3.32. The lowest BCUT2D eigenvalue weighted by molar-refractivity contribution is -0.127. The van der Waals surface area contributed by atoms with Crippen molar-refractivity contribution in [1.82, 2.24) is 20.1 Å². The predicted octanol–water partition coefficient (Wildman–Crippen LogP) is 1.36. The minimum absolute atomic E-state index is 0.0124. The Morgan fingerprint density at radius 2 is 2.20 bits per heavy atom. The number of carbonyl (C=O) groups is 1. The van der Waals surface area contributed by atoms with Crippen molar-refractivity contribution >= 4 is 39.9 Å². The average Bonchev–Trinajstić information content (AvgIpc) is 2.98. The molecule has 0 bridgehead atoms. The number of aliphatic hydroxyl groups is 1. The van der Waals surface area contributed by atoms with Crippen LogP contribution in [0.25, 0.3) is 0 Å². The molecule has 7 nitrogen and oxygen atoms in total. The van der Waals surface area contributed by atoms with Crippen LogP contribution in [0, 0.1) is 0 Å². The lowest BCUT2D eigenvalue weighted by atomic mass is 9.89. The maximum absolute atomic E-state index is 12.2. The van der Waals surface area contributed by atoms with Gasteiger partial charge in [-0.3, -0.25) is 9.00 Å². The third kappa shape index (κ3) is 5.78. The zero-order chi connectivity index (χ0) is 18.4. The number of rotatable bonds is 8. The highest BCUT2D eigenvalue weighted by Gasteiger charge is 2.35. The molecule has 0 saturated carbocycles. The number of hydrogen-bond donors (Lipinski definition) is 2. The van der Waals surface area contributed by atoms with Gasteiger partial charge in [-0.2, -0.15) is 5.10 Å². The molecule has 10 heteroatoms. The van der Waals surface area contributed by atoms with Gasteiger partial charge in [0.25, 0.3) is 0 Å².